The van der Waals surface area contributed by atoms with Crippen molar-refractivity contribution < 1.29 is 29.3 Å². The molecule has 2 rings (SSSR count). The molecule has 0 unspecified atom stereocenters. The molecule has 7 nitrogen and oxygen atoms in total. The van der Waals surface area contributed by atoms with E-state index in [4.69, 9.17) is 14.6 Å². The minimum Gasteiger partial charge on any atom is -0.507 e. The summed E-state index contributed by atoms with van der Waals surface area (Å²) in [7, 11) is 0. The molecule has 0 spiro atoms. The molecule has 0 atom stereocenters. The number of nitrogens with one attached hydrogen (secondary N) is 1. The van der Waals surface area contributed by atoms with Gasteiger partial charge in [-0.3, -0.25) is 4.79 Å². The number of carbonyl (C=O) groups is 2. The first-order chi connectivity index (χ1) is 12.0. The number of carboxylic acids is 1. The van der Waals surface area contributed by atoms with Gasteiger partial charge < -0.3 is 25.0 Å². The van der Waals surface area contributed by atoms with Gasteiger partial charge >= 0.3 is 5.97 Å². The lowest BCUT2D eigenvalue weighted by atomic mass is 10.1. The molecule has 0 saturated heterocycles. The van der Waals surface area contributed by atoms with Crippen molar-refractivity contribution in [1.29, 1.82) is 0 Å². The van der Waals surface area contributed by atoms with Gasteiger partial charge in [-0.15, -0.1) is 0 Å². The van der Waals surface area contributed by atoms with E-state index in [-0.39, 0.29) is 17.0 Å². The molecule has 2 aromatic carbocycles. The third-order valence-electron chi connectivity index (χ3n) is 3.29. The Labute approximate surface area is 144 Å². The molecule has 0 fully saturated rings. The Morgan fingerprint density at radius 2 is 1.68 bits per heavy atom. The number of benzene rings is 2. The maximum Gasteiger partial charge on any atom is 0.339 e. The molecular weight excluding hydrogens is 326 g/mol. The van der Waals surface area contributed by atoms with Crippen molar-refractivity contribution in [2.75, 3.05) is 18.5 Å². The van der Waals surface area contributed by atoms with Gasteiger partial charge in [-0.2, -0.15) is 0 Å². The number of hydrogen-bond donors (Lipinski definition) is 3. The summed E-state index contributed by atoms with van der Waals surface area (Å²) < 4.78 is 10.9. The van der Waals surface area contributed by atoms with Gasteiger partial charge in [-0.25, -0.2) is 4.79 Å². The molecule has 0 bridgehead atoms. The van der Waals surface area contributed by atoms with Crippen LogP contribution in [-0.2, 0) is 0 Å². The predicted octanol–water partition coefficient (Wildman–Crippen LogP) is 3.14. The van der Waals surface area contributed by atoms with Crippen LogP contribution in [0.5, 0.6) is 17.2 Å². The summed E-state index contributed by atoms with van der Waals surface area (Å²) in [5, 5.41) is 21.1. The van der Waals surface area contributed by atoms with Crippen LogP contribution in [-0.4, -0.2) is 35.3 Å². The fourth-order valence-corrected chi connectivity index (χ4v) is 2.18. The van der Waals surface area contributed by atoms with Gasteiger partial charge in [0.25, 0.3) is 5.91 Å². The molecule has 0 heterocycles. The van der Waals surface area contributed by atoms with E-state index in [1.807, 2.05) is 13.8 Å². The Kier molecular flexibility index (Phi) is 5.84. The topological polar surface area (TPSA) is 105 Å². The van der Waals surface area contributed by atoms with E-state index < -0.39 is 11.9 Å². The summed E-state index contributed by atoms with van der Waals surface area (Å²) in [6, 6.07) is 8.60. The maximum absolute atomic E-state index is 12.4. The van der Waals surface area contributed by atoms with Gasteiger partial charge in [0.2, 0.25) is 0 Å². The molecule has 3 N–H and O–H groups in total. The van der Waals surface area contributed by atoms with E-state index >= 15 is 0 Å². The van der Waals surface area contributed by atoms with E-state index in [2.05, 4.69) is 5.32 Å². The summed E-state index contributed by atoms with van der Waals surface area (Å²) >= 11 is 0. The van der Waals surface area contributed by atoms with Gasteiger partial charge in [-0.1, -0.05) is 0 Å². The number of rotatable bonds is 7. The lowest BCUT2D eigenvalue weighted by Gasteiger charge is -2.13. The number of ether oxygens (including phenoxy) is 2. The molecule has 0 aliphatic heterocycles. The first kappa shape index (κ1) is 18.1. The van der Waals surface area contributed by atoms with E-state index in [0.29, 0.717) is 30.3 Å². The van der Waals surface area contributed by atoms with E-state index in [1.165, 1.54) is 18.2 Å². The van der Waals surface area contributed by atoms with Gasteiger partial charge in [0.15, 0.2) is 11.5 Å². The van der Waals surface area contributed by atoms with Crippen LogP contribution in [0.1, 0.15) is 34.6 Å². The van der Waals surface area contributed by atoms with Crippen molar-refractivity contribution >= 4 is 17.6 Å². The van der Waals surface area contributed by atoms with Crippen LogP contribution >= 0.6 is 0 Å². The number of anilines is 1. The Bertz CT molecular complexity index is 787. The van der Waals surface area contributed by atoms with Gasteiger partial charge in [0, 0.05) is 11.3 Å². The average molecular weight is 345 g/mol. The largest absolute Gasteiger partial charge is 0.507 e. The van der Waals surface area contributed by atoms with Crippen molar-refractivity contribution in [2.45, 2.75) is 13.8 Å². The number of carbonyl (C=O) groups excluding carboxylic acids is 1. The molecule has 7 heteroatoms. The SMILES string of the molecule is CCOc1ccc(C(=O)Nc2ccc(O)c(C(=O)O)c2)cc1OCC. The molecule has 0 aromatic heterocycles. The number of aromatic hydroxyl groups is 1. The first-order valence-corrected chi connectivity index (χ1v) is 7.73. The average Bonchev–Trinajstić information content (AvgIpc) is 2.58. The van der Waals surface area contributed by atoms with Gasteiger partial charge in [0.1, 0.15) is 11.3 Å². The second-order valence-electron chi connectivity index (χ2n) is 5.02. The number of phenols is 1. The second kappa shape index (κ2) is 8.05. The first-order valence-electron chi connectivity index (χ1n) is 7.73. The van der Waals surface area contributed by atoms with E-state index in [0.717, 1.165) is 0 Å². The molecule has 0 aliphatic rings. The minimum atomic E-state index is -1.28. The highest BCUT2D eigenvalue weighted by Gasteiger charge is 2.14. The minimum absolute atomic E-state index is 0.257. The molecule has 0 radical (unpaired) electrons. The fraction of sp³-hybridized carbons (Fsp3) is 0.222. The summed E-state index contributed by atoms with van der Waals surface area (Å²) in [6.45, 7) is 4.57. The van der Waals surface area contributed by atoms with Gasteiger partial charge in [0.05, 0.1) is 13.2 Å². The molecule has 0 saturated carbocycles. The Morgan fingerprint density at radius 1 is 1.00 bits per heavy atom. The van der Waals surface area contributed by atoms with E-state index in [9.17, 15) is 14.7 Å². The zero-order valence-electron chi connectivity index (χ0n) is 13.9. The molecule has 0 aliphatic carbocycles. The highest BCUT2D eigenvalue weighted by atomic mass is 16.5. The second-order valence-corrected chi connectivity index (χ2v) is 5.02. The van der Waals surface area contributed by atoms with Crippen LogP contribution in [0.15, 0.2) is 36.4 Å². The number of hydrogen-bond acceptors (Lipinski definition) is 5. The molecule has 132 valence electrons. The zero-order valence-corrected chi connectivity index (χ0v) is 13.9. The molecule has 1 amide bonds. The number of carboxylic acid groups (broad SMARTS) is 1. The van der Waals surface area contributed by atoms with Crippen LogP contribution in [0, 0.1) is 0 Å². The molecule has 25 heavy (non-hydrogen) atoms. The van der Waals surface area contributed by atoms with Crippen molar-refractivity contribution in [1.82, 2.24) is 0 Å². The van der Waals surface area contributed by atoms with Crippen molar-refractivity contribution in [3.8, 4) is 17.2 Å². The van der Waals surface area contributed by atoms with Crippen LogP contribution in [0.25, 0.3) is 0 Å². The van der Waals surface area contributed by atoms with Crippen molar-refractivity contribution in [3.05, 3.63) is 47.5 Å². The summed E-state index contributed by atoms with van der Waals surface area (Å²) in [6.07, 6.45) is 0. The standard InChI is InChI=1S/C18H19NO6/c1-3-24-15-8-5-11(9-16(15)25-4-2)17(21)19-12-6-7-14(20)13(10-12)18(22)23/h5-10,20H,3-4H2,1-2H3,(H,19,21)(H,22,23). The Hall–Kier alpha value is -3.22. The highest BCUT2D eigenvalue weighted by molar-refractivity contribution is 6.05. The molecular formula is C18H19NO6. The Balaban J connectivity index is 2.24. The lowest BCUT2D eigenvalue weighted by molar-refractivity contribution is 0.0693. The van der Waals surface area contributed by atoms with Crippen molar-refractivity contribution in [3.63, 3.8) is 0 Å². The third-order valence-corrected chi connectivity index (χ3v) is 3.29. The predicted molar refractivity (Wildman–Crippen MR) is 91.8 cm³/mol. The summed E-state index contributed by atoms with van der Waals surface area (Å²) in [4.78, 5) is 23.4. The smallest absolute Gasteiger partial charge is 0.339 e. The highest BCUT2D eigenvalue weighted by Crippen LogP contribution is 2.29. The van der Waals surface area contributed by atoms with Crippen LogP contribution in [0.3, 0.4) is 0 Å². The van der Waals surface area contributed by atoms with Crippen LogP contribution in [0.4, 0.5) is 5.69 Å². The number of amides is 1. The maximum atomic E-state index is 12.4. The summed E-state index contributed by atoms with van der Waals surface area (Å²) in [5.74, 6) is -1.10. The lowest BCUT2D eigenvalue weighted by Crippen LogP contribution is -2.13. The van der Waals surface area contributed by atoms with Crippen molar-refractivity contribution in [2.24, 2.45) is 0 Å². The normalized spacial score (nSPS) is 10.2. The molecule has 2 aromatic rings. The monoisotopic (exact) mass is 345 g/mol. The zero-order chi connectivity index (χ0) is 18.4. The third kappa shape index (κ3) is 4.41. The van der Waals surface area contributed by atoms with Crippen LogP contribution in [0.2, 0.25) is 0 Å². The number of aromatic carboxylic acids is 1. The van der Waals surface area contributed by atoms with Crippen LogP contribution < -0.4 is 14.8 Å². The Morgan fingerprint density at radius 3 is 2.32 bits per heavy atom. The van der Waals surface area contributed by atoms with Gasteiger partial charge in [-0.05, 0) is 50.2 Å². The summed E-state index contributed by atoms with van der Waals surface area (Å²) in [5.41, 5.74) is 0.295. The quantitative estimate of drug-likeness (QED) is 0.666. The fourth-order valence-electron chi connectivity index (χ4n) is 2.18. The van der Waals surface area contributed by atoms with E-state index in [1.54, 1.807) is 18.2 Å².